The summed E-state index contributed by atoms with van der Waals surface area (Å²) in [5.41, 5.74) is -2.12. The van der Waals surface area contributed by atoms with Gasteiger partial charge >= 0.3 is 26.2 Å². The highest BCUT2D eigenvalue weighted by Gasteiger charge is 2.59. The first-order chi connectivity index (χ1) is 16.3. The lowest BCUT2D eigenvalue weighted by Crippen LogP contribution is -2.50. The Bertz CT molecular complexity index is 792. The maximum Gasteiger partial charge on any atom is 0.576 e. The first kappa shape index (κ1) is 32.0. The van der Waals surface area contributed by atoms with Gasteiger partial charge in [-0.15, -0.1) is 9.05 Å². The lowest BCUT2D eigenvalue weighted by molar-refractivity contribution is -0.155. The molecule has 0 radical (unpaired) electrons. The van der Waals surface area contributed by atoms with Gasteiger partial charge in [0.2, 0.25) is 6.79 Å². The van der Waals surface area contributed by atoms with E-state index in [1.807, 2.05) is 0 Å². The Morgan fingerprint density at radius 2 is 1.67 bits per heavy atom. The maximum atomic E-state index is 12.7. The van der Waals surface area contributed by atoms with Crippen molar-refractivity contribution in [1.82, 2.24) is 10.6 Å². The van der Waals surface area contributed by atoms with Crippen molar-refractivity contribution in [3.63, 3.8) is 0 Å². The van der Waals surface area contributed by atoms with Crippen molar-refractivity contribution in [3.05, 3.63) is 0 Å². The number of nitrogens with one attached hydrogen (secondary N) is 2. The minimum Gasteiger partial charge on any atom is -0.463 e. The van der Waals surface area contributed by atoms with E-state index in [-0.39, 0.29) is 32.7 Å². The lowest BCUT2D eigenvalue weighted by atomic mass is 9.87. The summed E-state index contributed by atoms with van der Waals surface area (Å²) in [7, 11) is -3.98. The topological polar surface area (TPSA) is 168 Å². The molecule has 3 N–H and O–H groups in total. The van der Waals surface area contributed by atoms with Crippen LogP contribution in [0.15, 0.2) is 0 Å². The highest BCUT2D eigenvalue weighted by atomic mass is 31.2. The second kappa shape index (κ2) is 13.0. The fourth-order valence-electron chi connectivity index (χ4n) is 2.58. The molecular formula is C22H40N2O11P+. The van der Waals surface area contributed by atoms with Crippen LogP contribution in [0.2, 0.25) is 0 Å². The Kier molecular flexibility index (Phi) is 11.5. The number of esters is 2. The SMILES string of the molecule is CC(C)(C)OC(=O)CCNC(=O)[C@@H]1O[P+](O)(OCOC(=O)NCCOC(=O)C(C)(C)C)OCC1(C)C. The molecule has 1 saturated heterocycles. The Morgan fingerprint density at radius 3 is 2.25 bits per heavy atom. The third-order valence-corrected chi connectivity index (χ3v) is 5.82. The molecule has 1 aliphatic rings. The molecule has 0 aromatic heterocycles. The van der Waals surface area contributed by atoms with E-state index in [0.717, 1.165) is 0 Å². The molecule has 208 valence electrons. The van der Waals surface area contributed by atoms with Crippen LogP contribution in [-0.4, -0.2) is 73.6 Å². The number of ether oxygens (including phenoxy) is 3. The average Bonchev–Trinajstić information content (AvgIpc) is 2.71. The maximum absolute atomic E-state index is 12.7. The van der Waals surface area contributed by atoms with Gasteiger partial charge in [0, 0.05) is 12.0 Å². The molecule has 1 rings (SSSR count). The van der Waals surface area contributed by atoms with E-state index in [9.17, 15) is 24.1 Å². The quantitative estimate of drug-likeness (QED) is 0.122. The van der Waals surface area contributed by atoms with Crippen LogP contribution >= 0.6 is 8.17 Å². The van der Waals surface area contributed by atoms with Crippen LogP contribution in [0.3, 0.4) is 0 Å². The van der Waals surface area contributed by atoms with Crippen LogP contribution < -0.4 is 10.6 Å². The third-order valence-electron chi connectivity index (χ3n) is 4.46. The van der Waals surface area contributed by atoms with Gasteiger partial charge in [-0.25, -0.2) is 4.79 Å². The van der Waals surface area contributed by atoms with Gasteiger partial charge in [0.1, 0.15) is 18.8 Å². The highest BCUT2D eigenvalue weighted by molar-refractivity contribution is 7.55. The van der Waals surface area contributed by atoms with Crippen molar-refractivity contribution < 1.29 is 51.9 Å². The molecule has 1 fully saturated rings. The van der Waals surface area contributed by atoms with E-state index in [1.165, 1.54) is 0 Å². The van der Waals surface area contributed by atoms with Gasteiger partial charge in [0.25, 0.3) is 5.91 Å². The third kappa shape index (κ3) is 11.8. The van der Waals surface area contributed by atoms with Gasteiger partial charge in [0.15, 0.2) is 6.10 Å². The Morgan fingerprint density at radius 1 is 1.03 bits per heavy atom. The number of carbonyl (C=O) groups excluding carboxylic acids is 4. The fourth-order valence-corrected chi connectivity index (χ4v) is 4.11. The fraction of sp³-hybridized carbons (Fsp3) is 0.818. The molecule has 14 heteroatoms. The normalized spacial score (nSPS) is 21.8. The number of alkyl carbamates (subject to hydrolysis) is 1. The van der Waals surface area contributed by atoms with Crippen molar-refractivity contribution in [2.45, 2.75) is 73.5 Å². The van der Waals surface area contributed by atoms with Gasteiger partial charge in [-0.1, -0.05) is 13.8 Å². The minimum atomic E-state index is -3.98. The van der Waals surface area contributed by atoms with Crippen LogP contribution in [0.1, 0.15) is 61.8 Å². The van der Waals surface area contributed by atoms with Crippen molar-refractivity contribution in [2.75, 3.05) is 33.1 Å². The molecule has 0 aromatic rings. The van der Waals surface area contributed by atoms with Crippen molar-refractivity contribution in [2.24, 2.45) is 10.8 Å². The van der Waals surface area contributed by atoms with Crippen LogP contribution in [0.25, 0.3) is 0 Å². The molecule has 1 aliphatic heterocycles. The molecule has 1 unspecified atom stereocenters. The van der Waals surface area contributed by atoms with Gasteiger partial charge in [-0.3, -0.25) is 14.4 Å². The van der Waals surface area contributed by atoms with Gasteiger partial charge in [-0.05, 0) is 41.5 Å². The monoisotopic (exact) mass is 539 g/mol. The summed E-state index contributed by atoms with van der Waals surface area (Å²) in [5, 5.41) is 4.94. The molecule has 1 heterocycles. The molecule has 2 atom stereocenters. The summed E-state index contributed by atoms with van der Waals surface area (Å²) in [6.45, 7) is 12.9. The predicted molar refractivity (Wildman–Crippen MR) is 128 cm³/mol. The molecule has 0 saturated carbocycles. The Labute approximate surface area is 212 Å². The van der Waals surface area contributed by atoms with E-state index < -0.39 is 61.4 Å². The number of rotatable bonds is 10. The average molecular weight is 540 g/mol. The standard InChI is InChI=1S/C22H39N2O11P/c1-20(2,3)18(27)30-12-11-24-19(28)31-14-33-36(29)32-13-22(7,8)16(35-36)17(26)23-10-9-15(25)34-21(4,5)6/h16,29H,9-14H2,1-8H3,(H-,23,24,26,28)/p+1/t16-,36?/m0/s1. The van der Waals surface area contributed by atoms with Crippen molar-refractivity contribution in [3.8, 4) is 0 Å². The molecule has 2 amide bonds. The minimum absolute atomic E-state index is 0.00674. The highest BCUT2D eigenvalue weighted by Crippen LogP contribution is 2.63. The summed E-state index contributed by atoms with van der Waals surface area (Å²) in [6.07, 6.45) is -2.09. The predicted octanol–water partition coefficient (Wildman–Crippen LogP) is 2.24. The Hall–Kier alpha value is -2.05. The van der Waals surface area contributed by atoms with E-state index in [2.05, 4.69) is 10.6 Å². The van der Waals surface area contributed by atoms with E-state index in [0.29, 0.717) is 0 Å². The zero-order chi connectivity index (χ0) is 27.8. The lowest BCUT2D eigenvalue weighted by Gasteiger charge is -2.36. The van der Waals surface area contributed by atoms with E-state index >= 15 is 0 Å². The summed E-state index contributed by atoms with van der Waals surface area (Å²) >= 11 is 0. The van der Waals surface area contributed by atoms with Gasteiger partial charge in [-0.2, -0.15) is 9.42 Å². The molecule has 0 spiro atoms. The number of amides is 2. The molecule has 0 aliphatic carbocycles. The molecule has 36 heavy (non-hydrogen) atoms. The number of hydrogen-bond acceptors (Lipinski definition) is 11. The van der Waals surface area contributed by atoms with Crippen LogP contribution in [0.5, 0.6) is 0 Å². The van der Waals surface area contributed by atoms with Crippen LogP contribution in [-0.2, 0) is 42.2 Å². The molecule has 13 nitrogen and oxygen atoms in total. The summed E-state index contributed by atoms with van der Waals surface area (Å²) in [6, 6.07) is 0. The zero-order valence-electron chi connectivity index (χ0n) is 22.3. The smallest absolute Gasteiger partial charge is 0.463 e. The second-order valence-corrected chi connectivity index (χ2v) is 12.5. The molecule has 0 bridgehead atoms. The van der Waals surface area contributed by atoms with Crippen molar-refractivity contribution >= 4 is 32.1 Å². The summed E-state index contributed by atoms with van der Waals surface area (Å²) < 4.78 is 30.9. The van der Waals surface area contributed by atoms with Gasteiger partial charge in [0.05, 0.1) is 18.4 Å². The van der Waals surface area contributed by atoms with E-state index in [1.54, 1.807) is 55.4 Å². The van der Waals surface area contributed by atoms with Crippen LogP contribution in [0.4, 0.5) is 4.79 Å². The Balaban J connectivity index is 2.46. The van der Waals surface area contributed by atoms with Gasteiger partial charge < -0.3 is 24.8 Å². The largest absolute Gasteiger partial charge is 0.576 e. The zero-order valence-corrected chi connectivity index (χ0v) is 23.2. The molecule has 0 aromatic carbocycles. The van der Waals surface area contributed by atoms with Crippen molar-refractivity contribution in [1.29, 1.82) is 0 Å². The summed E-state index contributed by atoms with van der Waals surface area (Å²) in [4.78, 5) is 58.5. The van der Waals surface area contributed by atoms with Crippen LogP contribution in [0, 0.1) is 10.8 Å². The van der Waals surface area contributed by atoms with E-state index in [4.69, 9.17) is 27.8 Å². The first-order valence-corrected chi connectivity index (χ1v) is 13.0. The number of hydrogen-bond donors (Lipinski definition) is 3. The summed E-state index contributed by atoms with van der Waals surface area (Å²) in [5.74, 6) is -1.45. The first-order valence-electron chi connectivity index (χ1n) is 11.5. The number of carbonyl (C=O) groups is 4. The molecular weight excluding hydrogens is 499 g/mol. The second-order valence-electron chi connectivity index (χ2n) is 10.8.